The molecule has 0 radical (unpaired) electrons. The van der Waals surface area contributed by atoms with Gasteiger partial charge < -0.3 is 25.3 Å². The Morgan fingerprint density at radius 2 is 2.00 bits per heavy atom. The molecule has 178 valence electrons. The Morgan fingerprint density at radius 3 is 2.71 bits per heavy atom. The molecule has 1 aromatic heterocycles. The largest absolute Gasteiger partial charge is 0.375 e. The lowest BCUT2D eigenvalue weighted by atomic mass is 9.96. The number of hydrogen-bond donors (Lipinski definition) is 2. The van der Waals surface area contributed by atoms with E-state index < -0.39 is 11.8 Å². The first-order valence-corrected chi connectivity index (χ1v) is 11.0. The number of primary amides is 1. The molecule has 1 aliphatic rings. The zero-order valence-corrected chi connectivity index (χ0v) is 18.8. The van der Waals surface area contributed by atoms with Gasteiger partial charge in [-0.1, -0.05) is 12.1 Å². The highest BCUT2D eigenvalue weighted by atomic mass is 19.1. The maximum Gasteiger partial charge on any atom is 0.256 e. The number of benzene rings is 2. The van der Waals surface area contributed by atoms with E-state index >= 15 is 0 Å². The number of ether oxygens (including phenoxy) is 1. The zero-order valence-electron chi connectivity index (χ0n) is 18.8. The number of nitrogens with one attached hydrogen (secondary N) is 1. The molecule has 10 heteroatoms. The van der Waals surface area contributed by atoms with E-state index in [1.807, 2.05) is 4.57 Å². The minimum Gasteiger partial charge on any atom is -0.375 e. The number of piperidine rings is 1. The van der Waals surface area contributed by atoms with Crippen LogP contribution in [0.15, 0.2) is 42.7 Å². The number of carbonyl (C=O) groups excluding carboxylic acids is 3. The Bertz CT molecular complexity index is 1220. The molecule has 0 saturated carbocycles. The van der Waals surface area contributed by atoms with E-state index in [4.69, 9.17) is 10.5 Å². The van der Waals surface area contributed by atoms with Crippen LogP contribution in [0.25, 0.3) is 11.0 Å². The molecule has 0 bridgehead atoms. The Hall–Kier alpha value is -3.79. The van der Waals surface area contributed by atoms with Gasteiger partial charge >= 0.3 is 0 Å². The molecule has 1 fully saturated rings. The highest BCUT2D eigenvalue weighted by molar-refractivity contribution is 6.07. The smallest absolute Gasteiger partial charge is 0.256 e. The summed E-state index contributed by atoms with van der Waals surface area (Å²) in [5.74, 6) is -1.80. The number of anilines is 1. The molecule has 34 heavy (non-hydrogen) atoms. The first-order valence-electron chi connectivity index (χ1n) is 11.0. The number of aromatic nitrogens is 2. The molecule has 0 spiro atoms. The lowest BCUT2D eigenvalue weighted by Crippen LogP contribution is -2.44. The molecule has 3 N–H and O–H groups in total. The number of methoxy groups -OCH3 is 1. The lowest BCUT2D eigenvalue weighted by Gasteiger charge is -2.31. The summed E-state index contributed by atoms with van der Waals surface area (Å²) < 4.78 is 20.0. The van der Waals surface area contributed by atoms with Crippen molar-refractivity contribution < 1.29 is 23.5 Å². The summed E-state index contributed by atoms with van der Waals surface area (Å²) >= 11 is 0. The Kier molecular flexibility index (Phi) is 6.87. The van der Waals surface area contributed by atoms with Gasteiger partial charge in [0.15, 0.2) is 0 Å². The van der Waals surface area contributed by atoms with Gasteiger partial charge in [0.1, 0.15) is 12.4 Å². The molecular weight excluding hydrogens is 441 g/mol. The molecule has 3 amide bonds. The summed E-state index contributed by atoms with van der Waals surface area (Å²) in [6.45, 7) is 0.974. The zero-order chi connectivity index (χ0) is 24.2. The molecule has 0 aliphatic carbocycles. The van der Waals surface area contributed by atoms with Gasteiger partial charge in [-0.15, -0.1) is 0 Å². The van der Waals surface area contributed by atoms with Crippen LogP contribution >= 0.6 is 0 Å². The fraction of sp³-hybridized carbons (Fsp3) is 0.333. The predicted octanol–water partition coefficient (Wildman–Crippen LogP) is 2.15. The van der Waals surface area contributed by atoms with Crippen molar-refractivity contribution in [3.05, 3.63) is 59.7 Å². The minimum absolute atomic E-state index is 0.132. The Balaban J connectivity index is 1.74. The molecule has 4 rings (SSSR count). The first-order chi connectivity index (χ1) is 16.4. The van der Waals surface area contributed by atoms with Crippen molar-refractivity contribution in [3.8, 4) is 0 Å². The van der Waals surface area contributed by atoms with Crippen molar-refractivity contribution >= 4 is 34.4 Å². The minimum atomic E-state index is -0.426. The van der Waals surface area contributed by atoms with E-state index in [1.165, 1.54) is 19.2 Å². The van der Waals surface area contributed by atoms with Gasteiger partial charge in [0, 0.05) is 32.4 Å². The van der Waals surface area contributed by atoms with Crippen molar-refractivity contribution in [2.75, 3.05) is 32.1 Å². The summed E-state index contributed by atoms with van der Waals surface area (Å²) in [4.78, 5) is 43.5. The van der Waals surface area contributed by atoms with Crippen LogP contribution in [0.1, 0.15) is 28.8 Å². The fourth-order valence-electron chi connectivity index (χ4n) is 4.24. The summed E-state index contributed by atoms with van der Waals surface area (Å²) in [6, 6.07) is 9.38. The van der Waals surface area contributed by atoms with Crippen molar-refractivity contribution in [2.45, 2.75) is 19.4 Å². The topological polar surface area (TPSA) is 120 Å². The molecule has 2 aromatic carbocycles. The van der Waals surface area contributed by atoms with Crippen molar-refractivity contribution in [1.82, 2.24) is 14.5 Å². The number of nitrogens with two attached hydrogens (primary N) is 1. The molecular formula is C24H26FN5O4. The summed E-state index contributed by atoms with van der Waals surface area (Å²) in [5, 5.41) is 2.73. The summed E-state index contributed by atoms with van der Waals surface area (Å²) in [5.41, 5.74) is 8.18. The van der Waals surface area contributed by atoms with E-state index in [1.54, 1.807) is 35.5 Å². The second-order valence-electron chi connectivity index (χ2n) is 8.36. The monoisotopic (exact) mass is 467 g/mol. The summed E-state index contributed by atoms with van der Waals surface area (Å²) in [6.07, 6.45) is 2.92. The van der Waals surface area contributed by atoms with Crippen LogP contribution in [-0.2, 0) is 20.9 Å². The van der Waals surface area contributed by atoms with E-state index in [0.717, 1.165) is 5.56 Å². The average molecular weight is 468 g/mol. The lowest BCUT2D eigenvalue weighted by molar-refractivity contribution is -0.123. The van der Waals surface area contributed by atoms with Crippen LogP contribution in [0.5, 0.6) is 0 Å². The van der Waals surface area contributed by atoms with E-state index in [2.05, 4.69) is 10.3 Å². The number of halogens is 1. The van der Waals surface area contributed by atoms with Crippen LogP contribution in [0.3, 0.4) is 0 Å². The second kappa shape index (κ2) is 10.0. The number of imidazole rings is 1. The van der Waals surface area contributed by atoms with Crippen LogP contribution in [0.2, 0.25) is 0 Å². The number of amides is 3. The average Bonchev–Trinajstić information content (AvgIpc) is 3.22. The predicted molar refractivity (Wildman–Crippen MR) is 124 cm³/mol. The molecule has 2 heterocycles. The number of likely N-dealkylation sites (tertiary alicyclic amines) is 1. The highest BCUT2D eigenvalue weighted by Crippen LogP contribution is 2.27. The number of rotatable bonds is 7. The third-order valence-corrected chi connectivity index (χ3v) is 5.88. The standard InChI is InChI=1S/C24H26FN5O4/c1-34-13-21(31)28-18-9-19(24(33)29-8-2-3-16(12-29)23(26)32)22-20(10-18)27-14-30(22)11-15-4-6-17(25)7-5-15/h4-7,9-10,14,16H,2-3,8,11-13H2,1H3,(H2,26,32)(H,28,31). The van der Waals surface area contributed by atoms with Gasteiger partial charge in [0.2, 0.25) is 11.8 Å². The van der Waals surface area contributed by atoms with Crippen LogP contribution in [0.4, 0.5) is 10.1 Å². The number of nitrogens with zero attached hydrogens (tertiary/aromatic N) is 3. The van der Waals surface area contributed by atoms with Gasteiger partial charge in [-0.25, -0.2) is 9.37 Å². The first kappa shape index (κ1) is 23.4. The Morgan fingerprint density at radius 1 is 1.24 bits per heavy atom. The van der Waals surface area contributed by atoms with E-state index in [9.17, 15) is 18.8 Å². The SMILES string of the molecule is COCC(=O)Nc1cc(C(=O)N2CCCC(C(N)=O)C2)c2c(c1)ncn2Cc1ccc(F)cc1. The Labute approximate surface area is 195 Å². The van der Waals surface area contributed by atoms with Gasteiger partial charge in [-0.3, -0.25) is 14.4 Å². The normalized spacial score (nSPS) is 15.9. The molecule has 1 aliphatic heterocycles. The third-order valence-electron chi connectivity index (χ3n) is 5.88. The van der Waals surface area contributed by atoms with Crippen LogP contribution < -0.4 is 11.1 Å². The van der Waals surface area contributed by atoms with Crippen molar-refractivity contribution in [1.29, 1.82) is 0 Å². The molecule has 1 saturated heterocycles. The van der Waals surface area contributed by atoms with Crippen molar-refractivity contribution in [3.63, 3.8) is 0 Å². The molecule has 1 unspecified atom stereocenters. The molecule has 3 aromatic rings. The van der Waals surface area contributed by atoms with Gasteiger partial charge in [0.05, 0.1) is 28.8 Å². The van der Waals surface area contributed by atoms with E-state index in [0.29, 0.717) is 48.2 Å². The van der Waals surface area contributed by atoms with Crippen LogP contribution in [-0.4, -0.2) is 59.0 Å². The fourth-order valence-corrected chi connectivity index (χ4v) is 4.24. The number of carbonyl (C=O) groups is 3. The van der Waals surface area contributed by atoms with E-state index in [-0.39, 0.29) is 30.8 Å². The van der Waals surface area contributed by atoms with Crippen molar-refractivity contribution in [2.24, 2.45) is 11.7 Å². The maximum atomic E-state index is 13.6. The number of hydrogen-bond acceptors (Lipinski definition) is 5. The molecule has 1 atom stereocenters. The van der Waals surface area contributed by atoms with Gasteiger partial charge in [-0.2, -0.15) is 0 Å². The van der Waals surface area contributed by atoms with Gasteiger partial charge in [-0.05, 0) is 42.7 Å². The maximum absolute atomic E-state index is 13.6. The molecule has 9 nitrogen and oxygen atoms in total. The third kappa shape index (κ3) is 5.07. The van der Waals surface area contributed by atoms with Gasteiger partial charge in [0.25, 0.3) is 5.91 Å². The quantitative estimate of drug-likeness (QED) is 0.552. The summed E-state index contributed by atoms with van der Waals surface area (Å²) in [7, 11) is 1.42. The second-order valence-corrected chi connectivity index (χ2v) is 8.36. The van der Waals surface area contributed by atoms with Crippen LogP contribution in [0, 0.1) is 11.7 Å². The number of fused-ring (bicyclic) bond motifs is 1. The highest BCUT2D eigenvalue weighted by Gasteiger charge is 2.29.